The van der Waals surface area contributed by atoms with Gasteiger partial charge in [0.2, 0.25) is 5.78 Å². The van der Waals surface area contributed by atoms with Crippen LogP contribution in [0.2, 0.25) is 10.0 Å². The average Bonchev–Trinajstić information content (AvgIpc) is 2.75. The minimum absolute atomic E-state index is 0.00105. The number of fused-ring (bicyclic) bond motifs is 1. The summed E-state index contributed by atoms with van der Waals surface area (Å²) >= 11 is 12.6. The molecule has 2 aliphatic rings. The molecule has 1 aliphatic heterocycles. The molecule has 0 saturated heterocycles. The van der Waals surface area contributed by atoms with Crippen molar-refractivity contribution in [3.8, 4) is 11.5 Å². The lowest BCUT2D eigenvalue weighted by molar-refractivity contribution is -0.152. The largest absolute Gasteiger partial charge is 0.497 e. The van der Waals surface area contributed by atoms with Crippen LogP contribution in [0.1, 0.15) is 42.6 Å². The summed E-state index contributed by atoms with van der Waals surface area (Å²) < 4.78 is 21.9. The van der Waals surface area contributed by atoms with Gasteiger partial charge in [0.15, 0.2) is 17.1 Å². The lowest BCUT2D eigenvalue weighted by Gasteiger charge is -2.41. The predicted molar refractivity (Wildman–Crippen MR) is 120 cm³/mol. The zero-order valence-corrected chi connectivity index (χ0v) is 20.1. The molecule has 3 rings (SSSR count). The minimum atomic E-state index is -1.83. The lowest BCUT2D eigenvalue weighted by atomic mass is 9.74. The second-order valence-electron chi connectivity index (χ2n) is 7.92. The molecule has 1 N–H and O–H groups in total. The number of allylic oxidation sites excluding steroid dienone is 2. The first-order chi connectivity index (χ1) is 15.1. The number of hydrogen-bond donors (Lipinski definition) is 1. The number of carbonyl (C=O) groups excluding carboxylic acids is 2. The SMILES string of the molecule is CCCC1=CC2=CC(=O)[C@](C)(OC(=O)c3c(C)c(Cl)c(OC)c(Cl)c3OC)[C@@H](O)[C@@H]2CO1. The van der Waals surface area contributed by atoms with Crippen LogP contribution in [-0.2, 0) is 14.3 Å². The van der Waals surface area contributed by atoms with Crippen LogP contribution >= 0.6 is 23.2 Å². The molecule has 0 fully saturated rings. The minimum Gasteiger partial charge on any atom is -0.497 e. The highest BCUT2D eigenvalue weighted by molar-refractivity contribution is 6.39. The van der Waals surface area contributed by atoms with E-state index in [0.717, 1.165) is 18.6 Å². The summed E-state index contributed by atoms with van der Waals surface area (Å²) in [5.74, 6) is -1.03. The molecule has 3 atom stereocenters. The van der Waals surface area contributed by atoms with E-state index in [1.165, 1.54) is 27.2 Å². The van der Waals surface area contributed by atoms with E-state index in [1.807, 2.05) is 6.92 Å². The summed E-state index contributed by atoms with van der Waals surface area (Å²) in [5.41, 5.74) is -0.916. The van der Waals surface area contributed by atoms with Gasteiger partial charge in [-0.1, -0.05) is 30.1 Å². The highest BCUT2D eigenvalue weighted by Gasteiger charge is 2.52. The van der Waals surface area contributed by atoms with Gasteiger partial charge in [-0.2, -0.15) is 0 Å². The van der Waals surface area contributed by atoms with Crippen LogP contribution in [0.25, 0.3) is 0 Å². The molecule has 0 saturated carbocycles. The molecule has 9 heteroatoms. The zero-order valence-electron chi connectivity index (χ0n) is 18.6. The normalized spacial score (nSPS) is 24.7. The Bertz CT molecular complexity index is 1010. The number of aliphatic hydroxyl groups excluding tert-OH is 1. The van der Waals surface area contributed by atoms with Gasteiger partial charge in [0.25, 0.3) is 0 Å². The summed E-state index contributed by atoms with van der Waals surface area (Å²) in [4.78, 5) is 26.2. The smallest absolute Gasteiger partial charge is 0.343 e. The fourth-order valence-corrected chi connectivity index (χ4v) is 4.65. The summed E-state index contributed by atoms with van der Waals surface area (Å²) in [5, 5.41) is 11.1. The van der Waals surface area contributed by atoms with Crippen LogP contribution in [0.5, 0.6) is 11.5 Å². The van der Waals surface area contributed by atoms with Crippen LogP contribution in [0, 0.1) is 12.8 Å². The highest BCUT2D eigenvalue weighted by atomic mass is 35.5. The van der Waals surface area contributed by atoms with Crippen molar-refractivity contribution in [2.45, 2.75) is 45.3 Å². The number of ether oxygens (including phenoxy) is 4. The summed E-state index contributed by atoms with van der Waals surface area (Å²) in [6.07, 6.45) is 3.49. The number of benzene rings is 1. The van der Waals surface area contributed by atoms with Crippen molar-refractivity contribution in [1.29, 1.82) is 0 Å². The predicted octanol–water partition coefficient (Wildman–Crippen LogP) is 4.43. The van der Waals surface area contributed by atoms with Crippen LogP contribution in [-0.4, -0.2) is 49.4 Å². The maximum absolute atomic E-state index is 13.2. The third-order valence-electron chi connectivity index (χ3n) is 5.88. The first-order valence-electron chi connectivity index (χ1n) is 10.2. The van der Waals surface area contributed by atoms with Gasteiger partial charge in [-0.05, 0) is 43.6 Å². The third kappa shape index (κ3) is 3.98. The van der Waals surface area contributed by atoms with Gasteiger partial charge >= 0.3 is 5.97 Å². The van der Waals surface area contributed by atoms with E-state index >= 15 is 0 Å². The topological polar surface area (TPSA) is 91.3 Å². The van der Waals surface area contributed by atoms with Gasteiger partial charge in [-0.15, -0.1) is 0 Å². The van der Waals surface area contributed by atoms with E-state index in [2.05, 4.69) is 0 Å². The van der Waals surface area contributed by atoms with Gasteiger partial charge in [-0.25, -0.2) is 4.79 Å². The second-order valence-corrected chi connectivity index (χ2v) is 8.68. The lowest BCUT2D eigenvalue weighted by Crippen LogP contribution is -2.57. The van der Waals surface area contributed by atoms with Crippen molar-refractivity contribution in [3.63, 3.8) is 0 Å². The molecule has 174 valence electrons. The number of aliphatic hydroxyl groups is 1. The first kappa shape index (κ1) is 24.4. The van der Waals surface area contributed by atoms with Crippen molar-refractivity contribution in [3.05, 3.63) is 44.7 Å². The van der Waals surface area contributed by atoms with Gasteiger partial charge in [0.1, 0.15) is 16.7 Å². The van der Waals surface area contributed by atoms with Crippen molar-refractivity contribution >= 4 is 35.0 Å². The van der Waals surface area contributed by atoms with Crippen LogP contribution in [0.15, 0.2) is 23.5 Å². The van der Waals surface area contributed by atoms with E-state index in [9.17, 15) is 14.7 Å². The van der Waals surface area contributed by atoms with E-state index in [1.54, 1.807) is 13.0 Å². The molecule has 32 heavy (non-hydrogen) atoms. The Morgan fingerprint density at radius 2 is 1.88 bits per heavy atom. The van der Waals surface area contributed by atoms with Crippen LogP contribution in [0.3, 0.4) is 0 Å². The molecule has 0 unspecified atom stereocenters. The molecule has 0 amide bonds. The highest BCUT2D eigenvalue weighted by Crippen LogP contribution is 2.46. The average molecular weight is 485 g/mol. The monoisotopic (exact) mass is 484 g/mol. The Balaban J connectivity index is 1.99. The Kier molecular flexibility index (Phi) is 7.12. The second kappa shape index (κ2) is 9.33. The molecule has 1 aromatic carbocycles. The molecule has 1 heterocycles. The van der Waals surface area contributed by atoms with Gasteiger partial charge < -0.3 is 24.1 Å². The number of hydrogen-bond acceptors (Lipinski definition) is 7. The molecule has 1 aliphatic carbocycles. The summed E-state index contributed by atoms with van der Waals surface area (Å²) in [6, 6.07) is 0. The molecule has 7 nitrogen and oxygen atoms in total. The van der Waals surface area contributed by atoms with E-state index in [4.69, 9.17) is 42.1 Å². The van der Waals surface area contributed by atoms with Gasteiger partial charge in [0.05, 0.1) is 31.6 Å². The Labute approximate surface area is 196 Å². The number of rotatable bonds is 6. The fourth-order valence-electron chi connectivity index (χ4n) is 4.00. The maximum atomic E-state index is 13.2. The third-order valence-corrected chi connectivity index (χ3v) is 6.68. The number of methoxy groups -OCH3 is 2. The number of ketones is 1. The standard InChI is InChI=1S/C23H26Cl2O7/c1-6-7-13-8-12-9-15(26)23(3,21(27)14(12)10-31-13)32-22(28)16-11(2)17(24)20(30-5)18(25)19(16)29-4/h8-9,14,21,27H,6-7,10H2,1-5H3/t14-,21+,23+/m1/s1. The molecule has 0 bridgehead atoms. The van der Waals surface area contributed by atoms with Crippen LogP contribution in [0.4, 0.5) is 0 Å². The molecular weight excluding hydrogens is 459 g/mol. The number of carbonyl (C=O) groups is 2. The fraction of sp³-hybridized carbons (Fsp3) is 0.478. The Morgan fingerprint density at radius 3 is 2.47 bits per heavy atom. The van der Waals surface area contributed by atoms with Gasteiger partial charge in [-0.3, -0.25) is 4.79 Å². The molecule has 0 spiro atoms. The quantitative estimate of drug-likeness (QED) is 0.596. The van der Waals surface area contributed by atoms with Crippen LogP contribution < -0.4 is 9.47 Å². The maximum Gasteiger partial charge on any atom is 0.343 e. The van der Waals surface area contributed by atoms with Crippen molar-refractivity contribution in [2.24, 2.45) is 5.92 Å². The molecule has 0 radical (unpaired) electrons. The Morgan fingerprint density at radius 1 is 1.22 bits per heavy atom. The van der Waals surface area contributed by atoms with Crippen molar-refractivity contribution in [1.82, 2.24) is 0 Å². The van der Waals surface area contributed by atoms with Gasteiger partial charge in [0, 0.05) is 12.3 Å². The van der Waals surface area contributed by atoms with Crippen molar-refractivity contribution in [2.75, 3.05) is 20.8 Å². The number of esters is 1. The van der Waals surface area contributed by atoms with E-state index in [0.29, 0.717) is 11.1 Å². The van der Waals surface area contributed by atoms with Crippen molar-refractivity contribution < 1.29 is 33.6 Å². The van der Waals surface area contributed by atoms with E-state index < -0.39 is 29.4 Å². The first-order valence-corrected chi connectivity index (χ1v) is 11.0. The zero-order chi connectivity index (χ0) is 23.8. The number of halogens is 2. The molecule has 1 aromatic rings. The molecular formula is C23H26Cl2O7. The summed E-state index contributed by atoms with van der Waals surface area (Å²) in [7, 11) is 2.72. The van der Waals surface area contributed by atoms with E-state index in [-0.39, 0.29) is 33.7 Å². The summed E-state index contributed by atoms with van der Waals surface area (Å²) in [6.45, 7) is 5.16. The Hall–Kier alpha value is -2.22. The molecule has 0 aromatic heterocycles.